The molecule has 0 fully saturated rings. The summed E-state index contributed by atoms with van der Waals surface area (Å²) in [6.07, 6.45) is -1.31. The molecule has 2 heterocycles. The highest BCUT2D eigenvalue weighted by Crippen LogP contribution is 2.25. The molecule has 2 rings (SSSR count). The van der Waals surface area contributed by atoms with Crippen LogP contribution < -0.4 is 10.2 Å². The molecule has 2 aromatic rings. The first kappa shape index (κ1) is 30.7. The van der Waals surface area contributed by atoms with Crippen molar-refractivity contribution in [3.8, 4) is 0 Å². The number of hydrogen-bond donors (Lipinski definition) is 1. The number of halogens is 4. The van der Waals surface area contributed by atoms with Gasteiger partial charge < -0.3 is 9.47 Å². The number of hydrogen-bond acceptors (Lipinski definition) is 6. The fourth-order valence-electron chi connectivity index (χ4n) is 2.40. The highest BCUT2D eigenvalue weighted by molar-refractivity contribution is 9.10. The van der Waals surface area contributed by atoms with Crippen molar-refractivity contribution in [2.45, 2.75) is 66.6 Å². The lowest BCUT2D eigenvalue weighted by Gasteiger charge is -2.25. The minimum atomic E-state index is -0.700. The number of pyridine rings is 2. The first-order valence-corrected chi connectivity index (χ1v) is 12.0. The van der Waals surface area contributed by atoms with E-state index in [-0.39, 0.29) is 22.8 Å². The summed E-state index contributed by atoms with van der Waals surface area (Å²) in [4.78, 5) is 32.2. The lowest BCUT2D eigenvalue weighted by Crippen LogP contribution is -2.34. The molecule has 0 aliphatic rings. The van der Waals surface area contributed by atoms with E-state index in [9.17, 15) is 18.4 Å². The molecular formula is C23H30Br2F2N4O4. The Bertz CT molecular complexity index is 1090. The van der Waals surface area contributed by atoms with Crippen LogP contribution in [0.4, 0.5) is 29.7 Å². The zero-order chi connectivity index (χ0) is 27.3. The Morgan fingerprint density at radius 1 is 0.886 bits per heavy atom. The third kappa shape index (κ3) is 10.4. The molecule has 0 saturated heterocycles. The number of nitrogens with zero attached hydrogens (tertiary/aromatic N) is 3. The van der Waals surface area contributed by atoms with Gasteiger partial charge in [-0.2, -0.15) is 0 Å². The second-order valence-electron chi connectivity index (χ2n) is 9.42. The zero-order valence-electron chi connectivity index (χ0n) is 21.1. The van der Waals surface area contributed by atoms with Crippen molar-refractivity contribution < 1.29 is 27.8 Å². The van der Waals surface area contributed by atoms with E-state index < -0.39 is 35.0 Å². The Kier molecular flexibility index (Phi) is 10.6. The molecule has 2 amide bonds. The topological polar surface area (TPSA) is 93.7 Å². The van der Waals surface area contributed by atoms with Crippen LogP contribution in [-0.4, -0.2) is 40.4 Å². The lowest BCUT2D eigenvalue weighted by atomic mass is 10.2. The van der Waals surface area contributed by atoms with Gasteiger partial charge in [-0.1, -0.05) is 0 Å². The maximum absolute atomic E-state index is 13.9. The van der Waals surface area contributed by atoms with Gasteiger partial charge in [0.25, 0.3) is 0 Å². The van der Waals surface area contributed by atoms with Crippen LogP contribution in [0.2, 0.25) is 0 Å². The first-order chi connectivity index (χ1) is 15.8. The smallest absolute Gasteiger partial charge is 0.414 e. The van der Waals surface area contributed by atoms with E-state index in [1.807, 2.05) is 0 Å². The second kappa shape index (κ2) is 12.1. The predicted octanol–water partition coefficient (Wildman–Crippen LogP) is 7.30. The predicted molar refractivity (Wildman–Crippen MR) is 138 cm³/mol. The molecule has 0 unspecified atom stereocenters. The van der Waals surface area contributed by atoms with Gasteiger partial charge in [0.05, 0.1) is 22.8 Å². The van der Waals surface area contributed by atoms with E-state index in [0.29, 0.717) is 9.21 Å². The summed E-state index contributed by atoms with van der Waals surface area (Å²) in [5.41, 5.74) is -0.663. The average Bonchev–Trinajstić information content (AvgIpc) is 2.65. The second-order valence-corrected chi connectivity index (χ2v) is 11.0. The molecule has 1 N–H and O–H groups in total. The molecule has 35 heavy (non-hydrogen) atoms. The third-order valence-electron chi connectivity index (χ3n) is 3.83. The first-order valence-electron chi connectivity index (χ1n) is 10.4. The lowest BCUT2D eigenvalue weighted by molar-refractivity contribution is 0.0585. The van der Waals surface area contributed by atoms with Crippen LogP contribution >= 0.6 is 31.9 Å². The van der Waals surface area contributed by atoms with Crippen LogP contribution in [-0.2, 0) is 9.47 Å². The maximum Gasteiger partial charge on any atom is 0.414 e. The quantitative estimate of drug-likeness (QED) is 0.353. The number of carbonyl (C=O) groups excluding carboxylic acids is 2. The number of carbonyl (C=O) groups is 2. The Balaban J connectivity index is 0.000000351. The summed E-state index contributed by atoms with van der Waals surface area (Å²) in [6.45, 7) is 13.5. The van der Waals surface area contributed by atoms with Crippen LogP contribution in [0.5, 0.6) is 0 Å². The van der Waals surface area contributed by atoms with Gasteiger partial charge in [-0.05, 0) is 99.4 Å². The molecule has 194 valence electrons. The average molecular weight is 624 g/mol. The van der Waals surface area contributed by atoms with Crippen LogP contribution in [0.3, 0.4) is 0 Å². The van der Waals surface area contributed by atoms with Crippen molar-refractivity contribution in [2.24, 2.45) is 0 Å². The van der Waals surface area contributed by atoms with Crippen molar-refractivity contribution in [1.29, 1.82) is 0 Å². The molecule has 12 heteroatoms. The number of ether oxygens (including phenoxy) is 2. The van der Waals surface area contributed by atoms with Crippen molar-refractivity contribution in [3.05, 3.63) is 44.4 Å². The Morgan fingerprint density at radius 3 is 1.83 bits per heavy atom. The number of rotatable bonds is 2. The van der Waals surface area contributed by atoms with Crippen LogP contribution in [0, 0.1) is 25.5 Å². The maximum atomic E-state index is 13.9. The van der Waals surface area contributed by atoms with E-state index in [1.165, 1.54) is 33.0 Å². The van der Waals surface area contributed by atoms with Gasteiger partial charge in [0.1, 0.15) is 20.4 Å². The monoisotopic (exact) mass is 622 g/mol. The van der Waals surface area contributed by atoms with Crippen LogP contribution in [0.15, 0.2) is 21.3 Å². The molecule has 0 saturated carbocycles. The van der Waals surface area contributed by atoms with Crippen LogP contribution in [0.25, 0.3) is 0 Å². The highest BCUT2D eigenvalue weighted by atomic mass is 79.9. The van der Waals surface area contributed by atoms with Gasteiger partial charge in [0, 0.05) is 7.05 Å². The van der Waals surface area contributed by atoms with E-state index in [1.54, 1.807) is 41.5 Å². The Morgan fingerprint density at radius 2 is 1.34 bits per heavy atom. The fraction of sp³-hybridized carbons (Fsp3) is 0.478. The van der Waals surface area contributed by atoms with Gasteiger partial charge in [0.2, 0.25) is 0 Å². The molecule has 0 bridgehead atoms. The van der Waals surface area contributed by atoms with E-state index in [4.69, 9.17) is 9.47 Å². The van der Waals surface area contributed by atoms with Crippen LogP contribution in [0.1, 0.15) is 52.9 Å². The molecule has 8 nitrogen and oxygen atoms in total. The molecule has 0 atom stereocenters. The summed E-state index contributed by atoms with van der Waals surface area (Å²) in [7, 11) is 1.46. The summed E-state index contributed by atoms with van der Waals surface area (Å²) in [6, 6.07) is 2.82. The molecule has 0 radical (unpaired) electrons. The van der Waals surface area contributed by atoms with E-state index >= 15 is 0 Å². The zero-order valence-corrected chi connectivity index (χ0v) is 24.3. The Labute approximate surface area is 221 Å². The number of anilines is 2. The fourth-order valence-corrected chi connectivity index (χ4v) is 3.38. The summed E-state index contributed by atoms with van der Waals surface area (Å²) in [5, 5.41) is 2.34. The van der Waals surface area contributed by atoms with E-state index in [2.05, 4.69) is 47.1 Å². The number of nitrogens with one attached hydrogen (secondary N) is 1. The minimum absolute atomic E-state index is 0.0404. The molecule has 0 spiro atoms. The molecule has 0 aliphatic heterocycles. The van der Waals surface area contributed by atoms with Gasteiger partial charge in [0.15, 0.2) is 11.6 Å². The van der Waals surface area contributed by atoms with Crippen molar-refractivity contribution in [3.63, 3.8) is 0 Å². The van der Waals surface area contributed by atoms with Crippen molar-refractivity contribution in [2.75, 3.05) is 17.3 Å². The summed E-state index contributed by atoms with van der Waals surface area (Å²) >= 11 is 6.30. The third-order valence-corrected chi connectivity index (χ3v) is 4.64. The molecule has 0 aromatic carbocycles. The number of aryl methyl sites for hydroxylation is 2. The number of aromatic nitrogens is 2. The van der Waals surface area contributed by atoms with Gasteiger partial charge in [-0.3, -0.25) is 10.2 Å². The highest BCUT2D eigenvalue weighted by Gasteiger charge is 2.24. The van der Waals surface area contributed by atoms with Gasteiger partial charge >= 0.3 is 12.2 Å². The Hall–Kier alpha value is -2.34. The SMILES string of the molecule is Cc1nc(Br)cc(N(C)C(=O)OC(C)(C)C)c1F.Cc1nc(Br)cc(NC(=O)OC(C)(C)C)c1F. The van der Waals surface area contributed by atoms with Gasteiger partial charge in [-0.25, -0.2) is 28.3 Å². The van der Waals surface area contributed by atoms with Gasteiger partial charge in [-0.15, -0.1) is 0 Å². The minimum Gasteiger partial charge on any atom is -0.444 e. The molecular weight excluding hydrogens is 594 g/mol. The van der Waals surface area contributed by atoms with E-state index in [0.717, 1.165) is 4.90 Å². The van der Waals surface area contributed by atoms with Crippen molar-refractivity contribution in [1.82, 2.24) is 9.97 Å². The normalized spacial score (nSPS) is 11.2. The summed E-state index contributed by atoms with van der Waals surface area (Å²) in [5.74, 6) is -1.11. The largest absolute Gasteiger partial charge is 0.444 e. The number of amides is 2. The summed E-state index contributed by atoms with van der Waals surface area (Å²) < 4.78 is 38.6. The van der Waals surface area contributed by atoms with Crippen molar-refractivity contribution >= 4 is 55.4 Å². The standard InChI is InChI=1S/C12H16BrFN2O2.C11H14BrFN2O2/c1-7-10(14)8(6-9(13)15-7)16(5)11(17)18-12(2,3)4;1-6-9(13)7(5-8(12)14-6)15-10(16)17-11(2,3)4/h6H,1-5H3;5H,1-4H3,(H,14,15,16). The molecule has 2 aromatic heterocycles. The molecule has 0 aliphatic carbocycles.